The Balaban J connectivity index is 2.50. The first-order chi connectivity index (χ1) is 8.65. The largest absolute Gasteiger partial charge is 0.497 e. The van der Waals surface area contributed by atoms with E-state index in [-0.39, 0.29) is 0 Å². The zero-order valence-corrected chi connectivity index (χ0v) is 11.2. The minimum atomic E-state index is 0.302. The van der Waals surface area contributed by atoms with Gasteiger partial charge in [0, 0.05) is 12.6 Å². The molecule has 0 unspecified atom stereocenters. The van der Waals surface area contributed by atoms with Crippen molar-refractivity contribution in [2.24, 2.45) is 10.8 Å². The minimum Gasteiger partial charge on any atom is -0.497 e. The lowest BCUT2D eigenvalue weighted by Crippen LogP contribution is -2.44. The van der Waals surface area contributed by atoms with E-state index in [0.29, 0.717) is 18.5 Å². The Hall–Kier alpha value is -1.75. The first kappa shape index (κ1) is 14.3. The Morgan fingerprint density at radius 2 is 2.22 bits per heavy atom. The molecule has 5 heteroatoms. The fraction of sp³-hybridized carbons (Fsp3) is 0.462. The molecule has 0 saturated carbocycles. The molecule has 18 heavy (non-hydrogen) atoms. The van der Waals surface area contributed by atoms with Gasteiger partial charge in [0.2, 0.25) is 5.96 Å². The zero-order valence-electron chi connectivity index (χ0n) is 11.2. The Kier molecular flexibility index (Phi) is 6.00. The highest BCUT2D eigenvalue weighted by molar-refractivity contribution is 5.79. The molecule has 4 N–H and O–H groups in total. The molecule has 100 valence electrons. The van der Waals surface area contributed by atoms with Crippen molar-refractivity contribution in [2.75, 3.05) is 13.7 Å². The molecule has 0 bridgehead atoms. The highest BCUT2D eigenvalue weighted by Crippen LogP contribution is 2.12. The van der Waals surface area contributed by atoms with E-state index in [9.17, 15) is 0 Å². The number of hydrazine groups is 1. The number of aliphatic imine (C=N–C) groups is 1. The van der Waals surface area contributed by atoms with Crippen molar-refractivity contribution in [3.05, 3.63) is 29.8 Å². The second kappa shape index (κ2) is 7.55. The number of benzene rings is 1. The first-order valence-electron chi connectivity index (χ1n) is 6.06. The normalized spacial score (nSPS) is 11.5. The molecule has 0 spiro atoms. The number of hydrogen-bond acceptors (Lipinski definition) is 3. The van der Waals surface area contributed by atoms with Gasteiger partial charge in [-0.3, -0.25) is 10.4 Å². The molecule has 0 aromatic heterocycles. The van der Waals surface area contributed by atoms with Crippen molar-refractivity contribution in [3.63, 3.8) is 0 Å². The molecule has 0 saturated heterocycles. The standard InChI is InChI=1S/C13H22N4O/c1-10(2)16-13(17-14)15-8-7-11-5-4-6-12(9-11)18-3/h4-6,9-10H,7-8,14H2,1-3H3,(H2,15,16,17). The second-order valence-corrected chi connectivity index (χ2v) is 4.28. The summed E-state index contributed by atoms with van der Waals surface area (Å²) in [6.07, 6.45) is 0.849. The number of ether oxygens (including phenoxy) is 1. The lowest BCUT2D eigenvalue weighted by atomic mass is 10.1. The van der Waals surface area contributed by atoms with Crippen molar-refractivity contribution in [1.29, 1.82) is 0 Å². The van der Waals surface area contributed by atoms with Crippen LogP contribution >= 0.6 is 0 Å². The van der Waals surface area contributed by atoms with Gasteiger partial charge in [-0.15, -0.1) is 0 Å². The maximum atomic E-state index is 5.38. The monoisotopic (exact) mass is 250 g/mol. The van der Waals surface area contributed by atoms with Crippen molar-refractivity contribution in [3.8, 4) is 5.75 Å². The second-order valence-electron chi connectivity index (χ2n) is 4.28. The predicted octanol–water partition coefficient (Wildman–Crippen LogP) is 1.05. The third-order valence-corrected chi connectivity index (χ3v) is 2.37. The molecule has 1 aromatic carbocycles. The third kappa shape index (κ3) is 5.05. The molecule has 0 aliphatic carbocycles. The fourth-order valence-corrected chi connectivity index (χ4v) is 1.53. The van der Waals surface area contributed by atoms with Crippen LogP contribution in [0.3, 0.4) is 0 Å². The van der Waals surface area contributed by atoms with Gasteiger partial charge in [0.1, 0.15) is 5.75 Å². The summed E-state index contributed by atoms with van der Waals surface area (Å²) in [4.78, 5) is 4.36. The lowest BCUT2D eigenvalue weighted by Gasteiger charge is -2.11. The first-order valence-corrected chi connectivity index (χ1v) is 6.06. The molecule has 0 aliphatic heterocycles. The maximum Gasteiger partial charge on any atom is 0.205 e. The van der Waals surface area contributed by atoms with Crippen LogP contribution in [-0.2, 0) is 6.42 Å². The van der Waals surface area contributed by atoms with Gasteiger partial charge in [-0.25, -0.2) is 5.84 Å². The maximum absolute atomic E-state index is 5.38. The summed E-state index contributed by atoms with van der Waals surface area (Å²) in [5.74, 6) is 6.87. The number of nitrogens with zero attached hydrogens (tertiary/aromatic N) is 1. The van der Waals surface area contributed by atoms with Gasteiger partial charge in [-0.2, -0.15) is 0 Å². The van der Waals surface area contributed by atoms with Crippen LogP contribution in [0, 0.1) is 0 Å². The molecule has 0 radical (unpaired) electrons. The van der Waals surface area contributed by atoms with E-state index in [1.54, 1.807) is 7.11 Å². The number of guanidine groups is 1. The molecule has 5 nitrogen and oxygen atoms in total. The number of methoxy groups -OCH3 is 1. The van der Waals surface area contributed by atoms with Crippen LogP contribution in [0.4, 0.5) is 0 Å². The van der Waals surface area contributed by atoms with E-state index in [0.717, 1.165) is 12.2 Å². The molecule has 1 aromatic rings. The van der Waals surface area contributed by atoms with Crippen LogP contribution in [-0.4, -0.2) is 25.7 Å². The summed E-state index contributed by atoms with van der Waals surface area (Å²) in [6.45, 7) is 4.75. The quantitative estimate of drug-likeness (QED) is 0.316. The van der Waals surface area contributed by atoms with E-state index in [1.807, 2.05) is 32.0 Å². The van der Waals surface area contributed by atoms with E-state index in [1.165, 1.54) is 5.56 Å². The van der Waals surface area contributed by atoms with Crippen LogP contribution in [0.25, 0.3) is 0 Å². The highest BCUT2D eigenvalue weighted by Gasteiger charge is 1.99. The SMILES string of the molecule is COc1cccc(CCN=C(NN)NC(C)C)c1. The van der Waals surface area contributed by atoms with Gasteiger partial charge < -0.3 is 10.1 Å². The predicted molar refractivity (Wildman–Crippen MR) is 74.6 cm³/mol. The van der Waals surface area contributed by atoms with Crippen molar-refractivity contribution in [2.45, 2.75) is 26.3 Å². The van der Waals surface area contributed by atoms with E-state index >= 15 is 0 Å². The minimum absolute atomic E-state index is 0.302. The van der Waals surface area contributed by atoms with Gasteiger partial charge in [-0.1, -0.05) is 12.1 Å². The summed E-state index contributed by atoms with van der Waals surface area (Å²) in [7, 11) is 1.67. The molecular weight excluding hydrogens is 228 g/mol. The number of hydrogen-bond donors (Lipinski definition) is 3. The lowest BCUT2D eigenvalue weighted by molar-refractivity contribution is 0.414. The summed E-state index contributed by atoms with van der Waals surface area (Å²) in [5, 5.41) is 3.13. The average Bonchev–Trinajstić information content (AvgIpc) is 2.37. The Morgan fingerprint density at radius 3 is 2.83 bits per heavy atom. The van der Waals surface area contributed by atoms with Crippen LogP contribution < -0.4 is 21.3 Å². The van der Waals surface area contributed by atoms with Crippen molar-refractivity contribution in [1.82, 2.24) is 10.7 Å². The topological polar surface area (TPSA) is 71.7 Å². The number of nitrogens with two attached hydrogens (primary N) is 1. The van der Waals surface area contributed by atoms with Gasteiger partial charge >= 0.3 is 0 Å². The van der Waals surface area contributed by atoms with Crippen LogP contribution in [0.1, 0.15) is 19.4 Å². The molecule has 0 fully saturated rings. The molecular formula is C13H22N4O. The van der Waals surface area contributed by atoms with Gasteiger partial charge in [0.25, 0.3) is 0 Å². The molecule has 0 atom stereocenters. The Bertz CT molecular complexity index is 390. The van der Waals surface area contributed by atoms with Gasteiger partial charge in [0.05, 0.1) is 7.11 Å². The van der Waals surface area contributed by atoms with Crippen LogP contribution in [0.5, 0.6) is 5.75 Å². The summed E-state index contributed by atoms with van der Waals surface area (Å²) in [6, 6.07) is 8.29. The van der Waals surface area contributed by atoms with E-state index in [2.05, 4.69) is 21.8 Å². The fourth-order valence-electron chi connectivity index (χ4n) is 1.53. The highest BCUT2D eigenvalue weighted by atomic mass is 16.5. The van der Waals surface area contributed by atoms with Gasteiger partial charge in [-0.05, 0) is 38.0 Å². The molecule has 1 rings (SSSR count). The Morgan fingerprint density at radius 1 is 1.44 bits per heavy atom. The molecule has 0 heterocycles. The number of rotatable bonds is 5. The van der Waals surface area contributed by atoms with Crippen molar-refractivity contribution < 1.29 is 4.74 Å². The Labute approximate surface area is 108 Å². The van der Waals surface area contributed by atoms with Crippen LogP contribution in [0.15, 0.2) is 29.3 Å². The molecule has 0 amide bonds. The van der Waals surface area contributed by atoms with Crippen molar-refractivity contribution >= 4 is 5.96 Å². The zero-order chi connectivity index (χ0) is 13.4. The summed E-state index contributed by atoms with van der Waals surface area (Å²) < 4.78 is 5.18. The van der Waals surface area contributed by atoms with E-state index < -0.39 is 0 Å². The van der Waals surface area contributed by atoms with Crippen LogP contribution in [0.2, 0.25) is 0 Å². The molecule has 0 aliphatic rings. The smallest absolute Gasteiger partial charge is 0.205 e. The summed E-state index contributed by atoms with van der Waals surface area (Å²) in [5.41, 5.74) is 3.75. The van der Waals surface area contributed by atoms with E-state index in [4.69, 9.17) is 10.6 Å². The average molecular weight is 250 g/mol. The number of nitrogens with one attached hydrogen (secondary N) is 2. The summed E-state index contributed by atoms with van der Waals surface area (Å²) >= 11 is 0. The third-order valence-electron chi connectivity index (χ3n) is 2.37. The van der Waals surface area contributed by atoms with Gasteiger partial charge in [0.15, 0.2) is 0 Å².